The Hall–Kier alpha value is -4.54. The molecule has 1 unspecified atom stereocenters. The summed E-state index contributed by atoms with van der Waals surface area (Å²) in [6.07, 6.45) is -0.758. The quantitative estimate of drug-likeness (QED) is 0.202. The van der Waals surface area contributed by atoms with Gasteiger partial charge in [0.15, 0.2) is 35.4 Å². The Labute approximate surface area is 281 Å². The van der Waals surface area contributed by atoms with Crippen LogP contribution >= 0.6 is 11.3 Å². The Morgan fingerprint density at radius 2 is 1.76 bits per heavy atom. The van der Waals surface area contributed by atoms with Crippen molar-refractivity contribution in [2.24, 2.45) is 0 Å². The molecule has 3 aromatic heterocycles. The first kappa shape index (κ1) is 31.7. The molecule has 2 aliphatic rings. The lowest BCUT2D eigenvalue weighted by Crippen LogP contribution is -2.51. The van der Waals surface area contributed by atoms with Crippen LogP contribution in [0.25, 0.3) is 27.2 Å². The third kappa shape index (κ3) is 5.91. The summed E-state index contributed by atoms with van der Waals surface area (Å²) in [6, 6.07) is 16.5. The SMILES string of the molecule is Cc1nc2ccc(-n3nc(C(C)(C)O)nc3[C@H]3C[C@@H](n4cc(-c5cc(F)c(F)c(F)c5)nn4)[C@H]4OC(c5ccccc5)OC[C@H]4O3)cc2s1. The molecule has 11 nitrogen and oxygen atoms in total. The molecule has 2 saturated heterocycles. The summed E-state index contributed by atoms with van der Waals surface area (Å²) < 4.78 is 65.6. The monoisotopic (exact) mass is 689 g/mol. The second kappa shape index (κ2) is 12.1. The molecular weight excluding hydrogens is 659 g/mol. The molecule has 2 aliphatic heterocycles. The molecule has 0 amide bonds. The second-order valence-electron chi connectivity index (χ2n) is 12.6. The highest BCUT2D eigenvalue weighted by atomic mass is 32.1. The van der Waals surface area contributed by atoms with E-state index in [0.717, 1.165) is 32.9 Å². The van der Waals surface area contributed by atoms with Gasteiger partial charge in [0.25, 0.3) is 0 Å². The molecule has 2 fully saturated rings. The van der Waals surface area contributed by atoms with E-state index in [2.05, 4.69) is 15.3 Å². The van der Waals surface area contributed by atoms with Crippen molar-refractivity contribution in [1.29, 1.82) is 0 Å². The zero-order valence-corrected chi connectivity index (χ0v) is 27.3. The number of rotatable bonds is 6. The molecule has 49 heavy (non-hydrogen) atoms. The van der Waals surface area contributed by atoms with Gasteiger partial charge in [-0.15, -0.1) is 21.5 Å². The molecule has 0 spiro atoms. The summed E-state index contributed by atoms with van der Waals surface area (Å²) >= 11 is 1.56. The molecule has 8 rings (SSSR count). The van der Waals surface area contributed by atoms with Gasteiger partial charge < -0.3 is 19.3 Å². The van der Waals surface area contributed by atoms with Crippen molar-refractivity contribution in [1.82, 2.24) is 34.7 Å². The lowest BCUT2D eigenvalue weighted by Gasteiger charge is -2.45. The number of nitrogens with zero attached hydrogens (tertiary/aromatic N) is 7. The van der Waals surface area contributed by atoms with Crippen LogP contribution in [0.1, 0.15) is 60.9 Å². The van der Waals surface area contributed by atoms with Crippen LogP contribution in [0, 0.1) is 24.4 Å². The minimum Gasteiger partial charge on any atom is -0.382 e. The molecule has 5 heterocycles. The Bertz CT molecular complexity index is 2140. The van der Waals surface area contributed by atoms with E-state index in [9.17, 15) is 18.3 Å². The molecule has 15 heteroatoms. The van der Waals surface area contributed by atoms with Crippen molar-refractivity contribution < 1.29 is 32.5 Å². The van der Waals surface area contributed by atoms with E-state index in [0.29, 0.717) is 11.5 Å². The Morgan fingerprint density at radius 3 is 2.51 bits per heavy atom. The maximum atomic E-state index is 14.1. The standard InChI is InChI=1S/C34H30F3N7O4S/c1-17-38-23-10-9-20(13-28(23)49-17)44-31(39-33(41-44)34(2,3)45)26-14-25(30-27(47-26)16-46-32(48-30)18-7-5-4-6-8-18)43-15-24(40-42-43)19-11-21(35)29(37)22(36)12-19/h4-13,15,25-27,30,32,45H,14,16H2,1-3H3/t25-,26-,27-,30-,32?/m1/s1. The number of benzene rings is 3. The van der Waals surface area contributed by atoms with Gasteiger partial charge in [0.1, 0.15) is 29.6 Å². The summed E-state index contributed by atoms with van der Waals surface area (Å²) in [7, 11) is 0. The average Bonchev–Trinajstić information content (AvgIpc) is 3.84. The fourth-order valence-corrected chi connectivity index (χ4v) is 7.11. The fourth-order valence-electron chi connectivity index (χ4n) is 6.25. The van der Waals surface area contributed by atoms with Gasteiger partial charge >= 0.3 is 0 Å². The molecule has 0 aliphatic carbocycles. The third-order valence-corrected chi connectivity index (χ3v) is 9.56. The van der Waals surface area contributed by atoms with E-state index in [1.807, 2.05) is 55.5 Å². The number of halogens is 3. The molecule has 252 valence electrons. The molecule has 0 bridgehead atoms. The summed E-state index contributed by atoms with van der Waals surface area (Å²) in [5.41, 5.74) is 1.20. The number of aryl methyl sites for hydroxylation is 1. The third-order valence-electron chi connectivity index (χ3n) is 8.63. The first-order chi connectivity index (χ1) is 23.5. The molecule has 6 aromatic rings. The van der Waals surface area contributed by atoms with Crippen molar-refractivity contribution in [2.75, 3.05) is 6.61 Å². The van der Waals surface area contributed by atoms with Crippen LogP contribution in [0.5, 0.6) is 0 Å². The normalized spacial score (nSPS) is 22.8. The molecule has 3 aromatic carbocycles. The van der Waals surface area contributed by atoms with Crippen LogP contribution in [-0.4, -0.2) is 58.7 Å². The number of hydrogen-bond acceptors (Lipinski definition) is 10. The zero-order valence-electron chi connectivity index (χ0n) is 26.5. The Balaban J connectivity index is 1.20. The number of hydrogen-bond donors (Lipinski definition) is 1. The van der Waals surface area contributed by atoms with Gasteiger partial charge in [0.2, 0.25) is 0 Å². The lowest BCUT2D eigenvalue weighted by molar-refractivity contribution is -0.302. The van der Waals surface area contributed by atoms with Gasteiger partial charge in [-0.2, -0.15) is 0 Å². The van der Waals surface area contributed by atoms with E-state index < -0.39 is 53.7 Å². The van der Waals surface area contributed by atoms with Gasteiger partial charge in [-0.1, -0.05) is 35.5 Å². The number of aromatic nitrogens is 7. The van der Waals surface area contributed by atoms with E-state index in [-0.39, 0.29) is 30.1 Å². The largest absolute Gasteiger partial charge is 0.382 e. The number of aliphatic hydroxyl groups is 1. The summed E-state index contributed by atoms with van der Waals surface area (Å²) in [6.45, 7) is 5.33. The van der Waals surface area contributed by atoms with Crippen LogP contribution in [0.4, 0.5) is 13.2 Å². The second-order valence-corrected chi connectivity index (χ2v) is 13.9. The van der Waals surface area contributed by atoms with Gasteiger partial charge in [0, 0.05) is 17.5 Å². The molecule has 0 radical (unpaired) electrons. The van der Waals surface area contributed by atoms with E-state index in [4.69, 9.17) is 24.3 Å². The van der Waals surface area contributed by atoms with Crippen LogP contribution in [0.15, 0.2) is 66.9 Å². The highest BCUT2D eigenvalue weighted by molar-refractivity contribution is 7.18. The van der Waals surface area contributed by atoms with Gasteiger partial charge in [-0.3, -0.25) is 0 Å². The lowest BCUT2D eigenvalue weighted by atomic mass is 9.93. The predicted molar refractivity (Wildman–Crippen MR) is 171 cm³/mol. The van der Waals surface area contributed by atoms with E-state index in [1.54, 1.807) is 40.7 Å². The van der Waals surface area contributed by atoms with Crippen LogP contribution in [0.2, 0.25) is 0 Å². The van der Waals surface area contributed by atoms with Gasteiger partial charge in [-0.25, -0.2) is 32.5 Å². The van der Waals surface area contributed by atoms with Crippen LogP contribution < -0.4 is 0 Å². The minimum absolute atomic E-state index is 0.0288. The van der Waals surface area contributed by atoms with Crippen LogP contribution in [0.3, 0.4) is 0 Å². The molecule has 5 atom stereocenters. The molecule has 1 N–H and O–H groups in total. The Morgan fingerprint density at radius 1 is 0.980 bits per heavy atom. The predicted octanol–water partition coefficient (Wildman–Crippen LogP) is 6.27. The maximum Gasteiger partial charge on any atom is 0.194 e. The van der Waals surface area contributed by atoms with Gasteiger partial charge in [0.05, 0.1) is 39.8 Å². The summed E-state index contributed by atoms with van der Waals surface area (Å²) in [5, 5.41) is 25.1. The average molecular weight is 690 g/mol. The Kier molecular flexibility index (Phi) is 7.83. The van der Waals surface area contributed by atoms with E-state index >= 15 is 0 Å². The van der Waals surface area contributed by atoms with Crippen molar-refractivity contribution in [3.63, 3.8) is 0 Å². The minimum atomic E-state index is -1.56. The van der Waals surface area contributed by atoms with E-state index in [1.165, 1.54) is 0 Å². The van der Waals surface area contributed by atoms with Crippen molar-refractivity contribution >= 4 is 21.6 Å². The highest BCUT2D eigenvalue weighted by Gasteiger charge is 2.47. The summed E-state index contributed by atoms with van der Waals surface area (Å²) in [5.74, 6) is -3.58. The van der Waals surface area contributed by atoms with Crippen molar-refractivity contribution in [3.8, 4) is 16.9 Å². The zero-order chi connectivity index (χ0) is 34.0. The topological polar surface area (TPSA) is 122 Å². The maximum absolute atomic E-state index is 14.1. The number of thiazole rings is 1. The molecular formula is C34H30F3N7O4S. The first-order valence-corrected chi connectivity index (χ1v) is 16.4. The van der Waals surface area contributed by atoms with Crippen LogP contribution in [-0.2, 0) is 19.8 Å². The number of fused-ring (bicyclic) bond motifs is 2. The fraction of sp³-hybridized carbons (Fsp3) is 0.324. The van der Waals surface area contributed by atoms with Crippen molar-refractivity contribution in [2.45, 2.75) is 63.4 Å². The highest BCUT2D eigenvalue weighted by Crippen LogP contribution is 2.44. The molecule has 0 saturated carbocycles. The summed E-state index contributed by atoms with van der Waals surface area (Å²) in [4.78, 5) is 9.36. The number of ether oxygens (including phenoxy) is 3. The van der Waals surface area contributed by atoms with Gasteiger partial charge in [-0.05, 0) is 51.1 Å². The first-order valence-electron chi connectivity index (χ1n) is 15.6. The van der Waals surface area contributed by atoms with Crippen molar-refractivity contribution in [3.05, 3.63) is 107 Å². The smallest absolute Gasteiger partial charge is 0.194 e.